The second kappa shape index (κ2) is 6.10. The first kappa shape index (κ1) is 11.5. The largest absolute Gasteiger partial charge is 0.378 e. The number of unbranched alkanes of at least 4 members (excludes halogenated alkanes) is 2. The van der Waals surface area contributed by atoms with Gasteiger partial charge in [-0.25, -0.2) is 0 Å². The standard InChI is InChI=1S/C11H23N/c1-6-7-8-9-12(5)11(4)10(2)3/h10H,4,6-9H2,1-3,5H3. The highest BCUT2D eigenvalue weighted by atomic mass is 15.1. The molecule has 1 heteroatoms. The van der Waals surface area contributed by atoms with Crippen molar-refractivity contribution in [1.82, 2.24) is 4.90 Å². The van der Waals surface area contributed by atoms with Gasteiger partial charge in [0.2, 0.25) is 0 Å². The van der Waals surface area contributed by atoms with E-state index in [0.717, 1.165) is 6.54 Å². The molecule has 0 aromatic heterocycles. The first-order valence-corrected chi connectivity index (χ1v) is 4.99. The Morgan fingerprint density at radius 2 is 1.92 bits per heavy atom. The van der Waals surface area contributed by atoms with Gasteiger partial charge in [-0.2, -0.15) is 0 Å². The SMILES string of the molecule is C=C(C(C)C)N(C)CCCCC. The molecule has 0 rings (SSSR count). The quantitative estimate of drug-likeness (QED) is 0.552. The fourth-order valence-electron chi connectivity index (χ4n) is 1.18. The molecule has 0 bridgehead atoms. The summed E-state index contributed by atoms with van der Waals surface area (Å²) in [5.74, 6) is 0.580. The van der Waals surface area contributed by atoms with Gasteiger partial charge < -0.3 is 4.90 Å². The summed E-state index contributed by atoms with van der Waals surface area (Å²) in [5.41, 5.74) is 1.26. The lowest BCUT2D eigenvalue weighted by Gasteiger charge is -2.24. The third kappa shape index (κ3) is 4.42. The molecule has 0 spiro atoms. The maximum atomic E-state index is 4.06. The van der Waals surface area contributed by atoms with Crippen LogP contribution in [0.5, 0.6) is 0 Å². The van der Waals surface area contributed by atoms with E-state index in [1.807, 2.05) is 0 Å². The highest BCUT2D eigenvalue weighted by Gasteiger charge is 2.04. The summed E-state index contributed by atoms with van der Waals surface area (Å²) >= 11 is 0. The lowest BCUT2D eigenvalue weighted by molar-refractivity contribution is 0.365. The Kier molecular flexibility index (Phi) is 5.87. The molecule has 0 aliphatic heterocycles. The van der Waals surface area contributed by atoms with Gasteiger partial charge in [-0.1, -0.05) is 40.2 Å². The zero-order valence-corrected chi connectivity index (χ0v) is 9.06. The molecule has 0 aromatic rings. The molecule has 0 N–H and O–H groups in total. The Balaban J connectivity index is 3.57. The van der Waals surface area contributed by atoms with Crippen LogP contribution in [0.2, 0.25) is 0 Å². The molecule has 72 valence electrons. The molecule has 0 aromatic carbocycles. The molecular formula is C11H23N. The zero-order chi connectivity index (χ0) is 9.56. The molecule has 0 saturated carbocycles. The Morgan fingerprint density at radius 1 is 1.33 bits per heavy atom. The van der Waals surface area contributed by atoms with E-state index in [9.17, 15) is 0 Å². The minimum atomic E-state index is 0.580. The summed E-state index contributed by atoms with van der Waals surface area (Å²) in [4.78, 5) is 2.28. The van der Waals surface area contributed by atoms with Crippen LogP contribution in [0.15, 0.2) is 12.3 Å². The van der Waals surface area contributed by atoms with Crippen LogP contribution in [0.25, 0.3) is 0 Å². The predicted octanol–water partition coefficient (Wildman–Crippen LogP) is 3.28. The van der Waals surface area contributed by atoms with Gasteiger partial charge in [0.25, 0.3) is 0 Å². The van der Waals surface area contributed by atoms with E-state index in [2.05, 4.69) is 39.3 Å². The fraction of sp³-hybridized carbons (Fsp3) is 0.818. The molecule has 0 saturated heterocycles. The van der Waals surface area contributed by atoms with E-state index in [0.29, 0.717) is 5.92 Å². The summed E-state index contributed by atoms with van der Waals surface area (Å²) < 4.78 is 0. The summed E-state index contributed by atoms with van der Waals surface area (Å²) in [6.45, 7) is 11.8. The first-order chi connectivity index (χ1) is 5.59. The summed E-state index contributed by atoms with van der Waals surface area (Å²) in [5, 5.41) is 0. The number of hydrogen-bond acceptors (Lipinski definition) is 1. The second-order valence-electron chi connectivity index (χ2n) is 3.77. The van der Waals surface area contributed by atoms with Gasteiger partial charge in [-0.3, -0.25) is 0 Å². The fourth-order valence-corrected chi connectivity index (χ4v) is 1.18. The van der Waals surface area contributed by atoms with Gasteiger partial charge in [-0.15, -0.1) is 0 Å². The van der Waals surface area contributed by atoms with Crippen LogP contribution < -0.4 is 0 Å². The van der Waals surface area contributed by atoms with Crippen molar-refractivity contribution in [3.05, 3.63) is 12.3 Å². The molecule has 0 amide bonds. The first-order valence-electron chi connectivity index (χ1n) is 4.99. The average Bonchev–Trinajstić information content (AvgIpc) is 2.03. The van der Waals surface area contributed by atoms with Gasteiger partial charge in [0.15, 0.2) is 0 Å². The molecule has 0 fully saturated rings. The van der Waals surface area contributed by atoms with Gasteiger partial charge in [0, 0.05) is 19.3 Å². The van der Waals surface area contributed by atoms with E-state index in [1.165, 1.54) is 25.0 Å². The number of hydrogen-bond donors (Lipinski definition) is 0. The molecular weight excluding hydrogens is 146 g/mol. The van der Waals surface area contributed by atoms with Crippen molar-refractivity contribution in [2.45, 2.75) is 40.0 Å². The van der Waals surface area contributed by atoms with Crippen LogP contribution in [0, 0.1) is 5.92 Å². The minimum absolute atomic E-state index is 0.580. The summed E-state index contributed by atoms with van der Waals surface area (Å²) in [6.07, 6.45) is 3.91. The molecule has 0 atom stereocenters. The molecule has 1 nitrogen and oxygen atoms in total. The van der Waals surface area contributed by atoms with Crippen LogP contribution in [0.1, 0.15) is 40.0 Å². The van der Waals surface area contributed by atoms with Gasteiger partial charge in [-0.05, 0) is 12.3 Å². The molecule has 0 radical (unpaired) electrons. The monoisotopic (exact) mass is 169 g/mol. The lowest BCUT2D eigenvalue weighted by Crippen LogP contribution is -2.21. The van der Waals surface area contributed by atoms with Crippen LogP contribution >= 0.6 is 0 Å². The van der Waals surface area contributed by atoms with Crippen molar-refractivity contribution in [3.8, 4) is 0 Å². The van der Waals surface area contributed by atoms with E-state index < -0.39 is 0 Å². The third-order valence-electron chi connectivity index (χ3n) is 2.25. The zero-order valence-electron chi connectivity index (χ0n) is 9.06. The van der Waals surface area contributed by atoms with Crippen LogP contribution in [0.4, 0.5) is 0 Å². The third-order valence-corrected chi connectivity index (χ3v) is 2.25. The molecule has 12 heavy (non-hydrogen) atoms. The van der Waals surface area contributed by atoms with Crippen LogP contribution in [-0.2, 0) is 0 Å². The normalized spacial score (nSPS) is 10.4. The molecule has 0 aliphatic carbocycles. The lowest BCUT2D eigenvalue weighted by atomic mass is 10.1. The summed E-state index contributed by atoms with van der Waals surface area (Å²) in [7, 11) is 2.14. The van der Waals surface area contributed by atoms with Crippen LogP contribution in [0.3, 0.4) is 0 Å². The van der Waals surface area contributed by atoms with Crippen molar-refractivity contribution < 1.29 is 0 Å². The van der Waals surface area contributed by atoms with Gasteiger partial charge >= 0.3 is 0 Å². The van der Waals surface area contributed by atoms with Gasteiger partial charge in [0.05, 0.1) is 0 Å². The molecule has 0 aliphatic rings. The highest BCUT2D eigenvalue weighted by Crippen LogP contribution is 2.11. The summed E-state index contributed by atoms with van der Waals surface area (Å²) in [6, 6.07) is 0. The topological polar surface area (TPSA) is 3.24 Å². The number of nitrogens with zero attached hydrogens (tertiary/aromatic N) is 1. The van der Waals surface area contributed by atoms with Gasteiger partial charge in [0.1, 0.15) is 0 Å². The molecule has 0 heterocycles. The van der Waals surface area contributed by atoms with Crippen molar-refractivity contribution in [2.24, 2.45) is 5.92 Å². The van der Waals surface area contributed by atoms with Crippen molar-refractivity contribution >= 4 is 0 Å². The second-order valence-corrected chi connectivity index (χ2v) is 3.77. The van der Waals surface area contributed by atoms with E-state index in [4.69, 9.17) is 0 Å². The maximum Gasteiger partial charge on any atom is 0.0171 e. The highest BCUT2D eigenvalue weighted by molar-refractivity contribution is 4.95. The molecule has 0 unspecified atom stereocenters. The van der Waals surface area contributed by atoms with E-state index in [-0.39, 0.29) is 0 Å². The minimum Gasteiger partial charge on any atom is -0.378 e. The Bertz CT molecular complexity index is 127. The predicted molar refractivity (Wildman–Crippen MR) is 56.1 cm³/mol. The Hall–Kier alpha value is -0.460. The van der Waals surface area contributed by atoms with Crippen LogP contribution in [-0.4, -0.2) is 18.5 Å². The van der Waals surface area contributed by atoms with Crippen molar-refractivity contribution in [1.29, 1.82) is 0 Å². The smallest absolute Gasteiger partial charge is 0.0171 e. The van der Waals surface area contributed by atoms with E-state index >= 15 is 0 Å². The van der Waals surface area contributed by atoms with Crippen molar-refractivity contribution in [2.75, 3.05) is 13.6 Å². The Labute approximate surface area is 77.5 Å². The Morgan fingerprint density at radius 3 is 2.33 bits per heavy atom. The average molecular weight is 169 g/mol. The number of rotatable bonds is 6. The maximum absolute atomic E-state index is 4.06. The van der Waals surface area contributed by atoms with Crippen molar-refractivity contribution in [3.63, 3.8) is 0 Å². The number of allylic oxidation sites excluding steroid dienone is 1. The van der Waals surface area contributed by atoms with E-state index in [1.54, 1.807) is 0 Å².